The fourth-order valence-electron chi connectivity index (χ4n) is 1.27. The van der Waals surface area contributed by atoms with E-state index in [1.165, 1.54) is 6.33 Å². The van der Waals surface area contributed by atoms with Crippen LogP contribution in [0.4, 0.5) is 0 Å². The van der Waals surface area contributed by atoms with Crippen molar-refractivity contribution in [1.29, 1.82) is 0 Å². The van der Waals surface area contributed by atoms with E-state index in [0.29, 0.717) is 29.5 Å². The Kier molecular flexibility index (Phi) is 3.08. The van der Waals surface area contributed by atoms with E-state index in [9.17, 15) is 0 Å². The highest BCUT2D eigenvalue weighted by atomic mass is 35.5. The van der Waals surface area contributed by atoms with Crippen molar-refractivity contribution in [2.75, 3.05) is 13.7 Å². The minimum Gasteiger partial charge on any atom is -0.385 e. The molecule has 0 aliphatic carbocycles. The summed E-state index contributed by atoms with van der Waals surface area (Å²) in [6, 6.07) is 0. The van der Waals surface area contributed by atoms with Crippen molar-refractivity contribution < 1.29 is 4.74 Å². The van der Waals surface area contributed by atoms with Crippen LogP contribution in [0.1, 0.15) is 6.42 Å². The van der Waals surface area contributed by atoms with E-state index in [1.54, 1.807) is 11.8 Å². The van der Waals surface area contributed by atoms with Crippen LogP contribution >= 0.6 is 11.6 Å². The van der Waals surface area contributed by atoms with E-state index in [2.05, 4.69) is 20.3 Å². The molecule has 7 heteroatoms. The number of halogens is 1. The zero-order valence-corrected chi connectivity index (χ0v) is 8.98. The first kappa shape index (κ1) is 10.3. The Balaban J connectivity index is 2.25. The predicted octanol–water partition coefficient (Wildman–Crippen LogP) is 0.911. The summed E-state index contributed by atoms with van der Waals surface area (Å²) < 4.78 is 6.65. The highest BCUT2D eigenvalue weighted by Gasteiger charge is 2.09. The number of aromatic nitrogens is 5. The highest BCUT2D eigenvalue weighted by Crippen LogP contribution is 2.15. The Hall–Kier alpha value is -1.27. The van der Waals surface area contributed by atoms with Gasteiger partial charge in [0.25, 0.3) is 0 Å². The summed E-state index contributed by atoms with van der Waals surface area (Å²) in [5.74, 6) is 0. The molecule has 0 aliphatic rings. The average Bonchev–Trinajstić information content (AvgIpc) is 2.64. The van der Waals surface area contributed by atoms with Gasteiger partial charge >= 0.3 is 0 Å². The first-order valence-corrected chi connectivity index (χ1v) is 4.89. The van der Waals surface area contributed by atoms with Gasteiger partial charge in [0.2, 0.25) is 0 Å². The van der Waals surface area contributed by atoms with Crippen molar-refractivity contribution in [1.82, 2.24) is 25.0 Å². The normalized spacial score (nSPS) is 11.1. The zero-order valence-electron chi connectivity index (χ0n) is 8.22. The van der Waals surface area contributed by atoms with Crippen LogP contribution in [-0.2, 0) is 11.3 Å². The van der Waals surface area contributed by atoms with Gasteiger partial charge in [0.1, 0.15) is 6.33 Å². The maximum Gasteiger partial charge on any atom is 0.183 e. The molecule has 0 fully saturated rings. The molecule has 0 atom stereocenters. The molecule has 0 spiro atoms. The van der Waals surface area contributed by atoms with Gasteiger partial charge in [-0.05, 0) is 6.42 Å². The summed E-state index contributed by atoms with van der Waals surface area (Å²) in [6.45, 7) is 1.39. The third-order valence-corrected chi connectivity index (χ3v) is 2.25. The van der Waals surface area contributed by atoms with Crippen molar-refractivity contribution >= 4 is 22.8 Å². The van der Waals surface area contributed by atoms with E-state index < -0.39 is 0 Å². The molecule has 0 unspecified atom stereocenters. The quantitative estimate of drug-likeness (QED) is 0.574. The van der Waals surface area contributed by atoms with Gasteiger partial charge in [0.05, 0.1) is 0 Å². The molecule has 0 aliphatic heterocycles. The molecule has 2 heterocycles. The molecule has 0 radical (unpaired) electrons. The topological polar surface area (TPSA) is 65.7 Å². The largest absolute Gasteiger partial charge is 0.385 e. The molecule has 0 saturated heterocycles. The number of fused-ring (bicyclic) bond motifs is 1. The van der Waals surface area contributed by atoms with E-state index >= 15 is 0 Å². The molecule has 0 bridgehead atoms. The lowest BCUT2D eigenvalue weighted by Gasteiger charge is -2.00. The standard InChI is InChI=1S/C8H10ClN5O/c1-15-4-2-3-14-8-6(12-13-14)7(9)10-5-11-8/h5H,2-4H2,1H3. The van der Waals surface area contributed by atoms with Gasteiger partial charge in [-0.3, -0.25) is 0 Å². The summed E-state index contributed by atoms with van der Waals surface area (Å²) in [4.78, 5) is 7.91. The fraction of sp³-hybridized carbons (Fsp3) is 0.500. The zero-order chi connectivity index (χ0) is 10.7. The summed E-state index contributed by atoms with van der Waals surface area (Å²) in [6.07, 6.45) is 2.26. The summed E-state index contributed by atoms with van der Waals surface area (Å²) in [7, 11) is 1.67. The fourth-order valence-corrected chi connectivity index (χ4v) is 1.44. The van der Waals surface area contributed by atoms with Gasteiger partial charge in [-0.2, -0.15) is 0 Å². The van der Waals surface area contributed by atoms with E-state index in [0.717, 1.165) is 6.42 Å². The van der Waals surface area contributed by atoms with Crippen molar-refractivity contribution in [2.24, 2.45) is 0 Å². The van der Waals surface area contributed by atoms with Crippen LogP contribution in [0.25, 0.3) is 11.2 Å². The lowest BCUT2D eigenvalue weighted by atomic mass is 10.4. The van der Waals surface area contributed by atoms with Crippen molar-refractivity contribution in [3.05, 3.63) is 11.5 Å². The molecule has 2 aromatic rings. The summed E-state index contributed by atoms with van der Waals surface area (Å²) >= 11 is 5.84. The molecular weight excluding hydrogens is 218 g/mol. The second kappa shape index (κ2) is 4.50. The highest BCUT2D eigenvalue weighted by molar-refractivity contribution is 6.33. The molecule has 0 amide bonds. The van der Waals surface area contributed by atoms with Crippen LogP contribution in [0, 0.1) is 0 Å². The Bertz CT molecular complexity index is 457. The number of aryl methyl sites for hydroxylation is 1. The smallest absolute Gasteiger partial charge is 0.183 e. The van der Waals surface area contributed by atoms with Crippen LogP contribution < -0.4 is 0 Å². The first-order chi connectivity index (χ1) is 7.33. The minimum absolute atomic E-state index is 0.331. The maximum absolute atomic E-state index is 5.84. The molecule has 2 rings (SSSR count). The molecule has 0 N–H and O–H groups in total. The van der Waals surface area contributed by atoms with Crippen molar-refractivity contribution in [3.8, 4) is 0 Å². The van der Waals surface area contributed by atoms with Crippen LogP contribution in [-0.4, -0.2) is 38.7 Å². The monoisotopic (exact) mass is 227 g/mol. The molecule has 0 saturated carbocycles. The van der Waals surface area contributed by atoms with Crippen LogP contribution in [0.5, 0.6) is 0 Å². The van der Waals surface area contributed by atoms with Gasteiger partial charge in [0.15, 0.2) is 16.3 Å². The van der Waals surface area contributed by atoms with Gasteiger partial charge in [-0.1, -0.05) is 16.8 Å². The maximum atomic E-state index is 5.84. The SMILES string of the molecule is COCCCn1nnc2c(Cl)ncnc21. The number of methoxy groups -OCH3 is 1. The number of ether oxygens (including phenoxy) is 1. The number of nitrogens with zero attached hydrogens (tertiary/aromatic N) is 5. The van der Waals surface area contributed by atoms with Gasteiger partial charge in [-0.15, -0.1) is 5.10 Å². The van der Waals surface area contributed by atoms with Gasteiger partial charge in [0, 0.05) is 20.3 Å². The molecule has 6 nitrogen and oxygen atoms in total. The van der Waals surface area contributed by atoms with Crippen molar-refractivity contribution in [3.63, 3.8) is 0 Å². The second-order valence-electron chi connectivity index (χ2n) is 3.00. The van der Waals surface area contributed by atoms with Gasteiger partial charge < -0.3 is 4.74 Å². The summed E-state index contributed by atoms with van der Waals surface area (Å²) in [5.41, 5.74) is 1.20. The third-order valence-electron chi connectivity index (χ3n) is 1.97. The van der Waals surface area contributed by atoms with Gasteiger partial charge in [-0.25, -0.2) is 14.6 Å². The molecular formula is C8H10ClN5O. The minimum atomic E-state index is 0.331. The van der Waals surface area contributed by atoms with Crippen LogP contribution in [0.15, 0.2) is 6.33 Å². The number of hydrogen-bond donors (Lipinski definition) is 0. The molecule has 80 valence electrons. The predicted molar refractivity (Wildman–Crippen MR) is 54.6 cm³/mol. The van der Waals surface area contributed by atoms with E-state index in [1.807, 2.05) is 0 Å². The molecule has 15 heavy (non-hydrogen) atoms. The van der Waals surface area contributed by atoms with Crippen molar-refractivity contribution in [2.45, 2.75) is 13.0 Å². The lowest BCUT2D eigenvalue weighted by molar-refractivity contribution is 0.189. The van der Waals surface area contributed by atoms with Crippen LogP contribution in [0.3, 0.4) is 0 Å². The third kappa shape index (κ3) is 2.05. The van der Waals surface area contributed by atoms with E-state index in [-0.39, 0.29) is 0 Å². The molecule has 0 aromatic carbocycles. The Morgan fingerprint density at radius 2 is 2.33 bits per heavy atom. The first-order valence-electron chi connectivity index (χ1n) is 4.51. The number of hydrogen-bond acceptors (Lipinski definition) is 5. The second-order valence-corrected chi connectivity index (χ2v) is 3.35. The Labute approximate surface area is 91.2 Å². The van der Waals surface area contributed by atoms with E-state index in [4.69, 9.17) is 16.3 Å². The summed E-state index contributed by atoms with van der Waals surface area (Å²) in [5, 5.41) is 8.20. The Morgan fingerprint density at radius 3 is 3.13 bits per heavy atom. The Morgan fingerprint density at radius 1 is 1.47 bits per heavy atom. The average molecular weight is 228 g/mol. The lowest BCUT2D eigenvalue weighted by Crippen LogP contribution is -2.04. The van der Waals surface area contributed by atoms with Crippen LogP contribution in [0.2, 0.25) is 5.15 Å². The molecule has 2 aromatic heterocycles. The number of rotatable bonds is 4.